The van der Waals surface area contributed by atoms with Crippen molar-refractivity contribution in [1.29, 1.82) is 0 Å². The van der Waals surface area contributed by atoms with Crippen molar-refractivity contribution in [3.8, 4) is 0 Å². The Morgan fingerprint density at radius 3 is 2.00 bits per heavy atom. The van der Waals surface area contributed by atoms with Gasteiger partial charge in [-0.3, -0.25) is 0 Å². The molecule has 0 saturated carbocycles. The summed E-state index contributed by atoms with van der Waals surface area (Å²) in [5.41, 5.74) is 5.68. The largest absolute Gasteiger partial charge is 0.374 e. The zero-order valence-electron chi connectivity index (χ0n) is 10.7. The van der Waals surface area contributed by atoms with E-state index < -0.39 is 0 Å². The Morgan fingerprint density at radius 2 is 1.64 bits per heavy atom. The van der Waals surface area contributed by atoms with Crippen LogP contribution in [0.4, 0.5) is 0 Å². The number of rotatable bonds is 6. The zero-order valence-corrected chi connectivity index (χ0v) is 10.7. The van der Waals surface area contributed by atoms with Crippen molar-refractivity contribution >= 4 is 0 Å². The molecule has 0 heterocycles. The molecule has 0 aliphatic carbocycles. The van der Waals surface area contributed by atoms with Crippen LogP contribution < -0.4 is 5.73 Å². The maximum Gasteiger partial charge on any atom is 0.0748 e. The zero-order chi connectivity index (χ0) is 11.4. The third-order valence-electron chi connectivity index (χ3n) is 2.31. The van der Waals surface area contributed by atoms with Gasteiger partial charge in [-0.15, -0.1) is 0 Å². The van der Waals surface area contributed by atoms with Gasteiger partial charge in [0.1, 0.15) is 0 Å². The summed E-state index contributed by atoms with van der Waals surface area (Å²) in [6, 6.07) is 0. The Labute approximate surface area is 89.2 Å². The molecule has 0 saturated heterocycles. The van der Waals surface area contributed by atoms with Gasteiger partial charge in [0.25, 0.3) is 0 Å². The Hall–Kier alpha value is -0.0800. The smallest absolute Gasteiger partial charge is 0.0748 e. The Kier molecular flexibility index (Phi) is 5.10. The highest BCUT2D eigenvalue weighted by atomic mass is 16.5. The maximum atomic E-state index is 5.82. The highest BCUT2D eigenvalue weighted by Crippen LogP contribution is 2.27. The normalized spacial score (nSPS) is 13.7. The molecule has 0 aromatic rings. The third kappa shape index (κ3) is 6.39. The van der Waals surface area contributed by atoms with Crippen molar-refractivity contribution in [2.45, 2.75) is 53.6 Å². The molecule has 0 fully saturated rings. The third-order valence-corrected chi connectivity index (χ3v) is 2.31. The molecule has 0 unspecified atom stereocenters. The summed E-state index contributed by atoms with van der Waals surface area (Å²) >= 11 is 0. The van der Waals surface area contributed by atoms with Gasteiger partial charge in [0.05, 0.1) is 12.2 Å². The Balaban J connectivity index is 3.98. The first-order chi connectivity index (χ1) is 6.18. The molecule has 0 aliphatic rings. The lowest BCUT2D eigenvalue weighted by Crippen LogP contribution is -2.37. The molecular weight excluding hydrogens is 174 g/mol. The van der Waals surface area contributed by atoms with Gasteiger partial charge in [0, 0.05) is 6.54 Å². The summed E-state index contributed by atoms with van der Waals surface area (Å²) in [6.07, 6.45) is 1.19. The van der Waals surface area contributed by atoms with Crippen LogP contribution in [0.2, 0.25) is 0 Å². The van der Waals surface area contributed by atoms with E-state index in [2.05, 4.69) is 27.7 Å². The summed E-state index contributed by atoms with van der Waals surface area (Å²) < 4.78 is 5.82. The second kappa shape index (κ2) is 5.13. The molecule has 0 amide bonds. The Bertz CT molecular complexity index is 162. The molecule has 0 aliphatic heterocycles. The molecule has 0 spiro atoms. The molecule has 0 aromatic carbocycles. The van der Waals surface area contributed by atoms with Crippen LogP contribution in [-0.4, -0.2) is 18.8 Å². The van der Waals surface area contributed by atoms with E-state index in [0.717, 1.165) is 12.5 Å². The van der Waals surface area contributed by atoms with Gasteiger partial charge < -0.3 is 10.5 Å². The maximum absolute atomic E-state index is 5.82. The van der Waals surface area contributed by atoms with Gasteiger partial charge >= 0.3 is 0 Å². The average molecular weight is 201 g/mol. The van der Waals surface area contributed by atoms with Crippen LogP contribution in [0.3, 0.4) is 0 Å². The first kappa shape index (κ1) is 13.9. The molecule has 0 bridgehead atoms. The number of ether oxygens (including phenoxy) is 1. The van der Waals surface area contributed by atoms with Crippen molar-refractivity contribution < 1.29 is 4.74 Å². The predicted octanol–water partition coefficient (Wildman–Crippen LogP) is 2.81. The minimum absolute atomic E-state index is 0.186. The lowest BCUT2D eigenvalue weighted by atomic mass is 9.85. The number of nitrogens with two attached hydrogens (primary N) is 1. The lowest BCUT2D eigenvalue weighted by Gasteiger charge is -2.32. The van der Waals surface area contributed by atoms with Gasteiger partial charge in [-0.05, 0) is 31.6 Å². The van der Waals surface area contributed by atoms with Crippen LogP contribution in [0.5, 0.6) is 0 Å². The van der Waals surface area contributed by atoms with Gasteiger partial charge in [0.15, 0.2) is 0 Å². The molecule has 2 heteroatoms. The van der Waals surface area contributed by atoms with Crippen LogP contribution in [0.25, 0.3) is 0 Å². The fourth-order valence-electron chi connectivity index (χ4n) is 1.61. The summed E-state index contributed by atoms with van der Waals surface area (Å²) in [6.45, 7) is 14.4. The molecule has 0 aromatic heterocycles. The SMILES string of the molecule is CC(C)CC(C)(C)COC(C)(C)CN. The van der Waals surface area contributed by atoms with E-state index in [1.165, 1.54) is 6.42 Å². The quantitative estimate of drug-likeness (QED) is 0.717. The molecule has 14 heavy (non-hydrogen) atoms. The minimum atomic E-state index is -0.186. The monoisotopic (exact) mass is 201 g/mol. The van der Waals surface area contributed by atoms with Gasteiger partial charge in [0.2, 0.25) is 0 Å². The van der Waals surface area contributed by atoms with Crippen molar-refractivity contribution in [1.82, 2.24) is 0 Å². The first-order valence-corrected chi connectivity index (χ1v) is 5.52. The highest BCUT2D eigenvalue weighted by Gasteiger charge is 2.24. The summed E-state index contributed by atoms with van der Waals surface area (Å²) in [5, 5.41) is 0. The summed E-state index contributed by atoms with van der Waals surface area (Å²) in [4.78, 5) is 0. The van der Waals surface area contributed by atoms with E-state index in [9.17, 15) is 0 Å². The fourth-order valence-corrected chi connectivity index (χ4v) is 1.61. The topological polar surface area (TPSA) is 35.2 Å². The predicted molar refractivity (Wildman–Crippen MR) is 62.3 cm³/mol. The van der Waals surface area contributed by atoms with Crippen molar-refractivity contribution in [2.75, 3.05) is 13.2 Å². The van der Waals surface area contributed by atoms with Gasteiger partial charge in [-0.25, -0.2) is 0 Å². The fraction of sp³-hybridized carbons (Fsp3) is 1.00. The van der Waals surface area contributed by atoms with Crippen LogP contribution >= 0.6 is 0 Å². The minimum Gasteiger partial charge on any atom is -0.374 e. The molecule has 2 nitrogen and oxygen atoms in total. The number of hydrogen-bond donors (Lipinski definition) is 1. The molecular formula is C12H27NO. The van der Waals surface area contributed by atoms with E-state index >= 15 is 0 Å². The van der Waals surface area contributed by atoms with Crippen molar-refractivity contribution in [3.63, 3.8) is 0 Å². The van der Waals surface area contributed by atoms with Crippen LogP contribution in [0.1, 0.15) is 48.0 Å². The van der Waals surface area contributed by atoms with E-state index in [4.69, 9.17) is 10.5 Å². The second-order valence-corrected chi connectivity index (χ2v) is 6.01. The molecule has 86 valence electrons. The second-order valence-electron chi connectivity index (χ2n) is 6.01. The van der Waals surface area contributed by atoms with Gasteiger partial charge in [-0.2, -0.15) is 0 Å². The average Bonchev–Trinajstić information content (AvgIpc) is 1.99. The van der Waals surface area contributed by atoms with Crippen molar-refractivity contribution in [2.24, 2.45) is 17.1 Å². The summed E-state index contributed by atoms with van der Waals surface area (Å²) in [5.74, 6) is 0.717. The van der Waals surface area contributed by atoms with E-state index in [-0.39, 0.29) is 11.0 Å². The summed E-state index contributed by atoms with van der Waals surface area (Å²) in [7, 11) is 0. The van der Waals surface area contributed by atoms with Gasteiger partial charge in [-0.1, -0.05) is 27.7 Å². The molecule has 0 atom stereocenters. The molecule has 0 radical (unpaired) electrons. The number of hydrogen-bond acceptors (Lipinski definition) is 2. The van der Waals surface area contributed by atoms with E-state index in [0.29, 0.717) is 6.54 Å². The molecule has 0 rings (SSSR count). The van der Waals surface area contributed by atoms with Crippen LogP contribution in [0.15, 0.2) is 0 Å². The lowest BCUT2D eigenvalue weighted by molar-refractivity contribution is -0.0531. The standard InChI is InChI=1S/C12H27NO/c1-10(2)7-11(3,4)9-14-12(5,6)8-13/h10H,7-9,13H2,1-6H3. The van der Waals surface area contributed by atoms with Crippen LogP contribution in [-0.2, 0) is 4.74 Å². The highest BCUT2D eigenvalue weighted by molar-refractivity contribution is 4.74. The van der Waals surface area contributed by atoms with E-state index in [1.807, 2.05) is 13.8 Å². The Morgan fingerprint density at radius 1 is 1.14 bits per heavy atom. The molecule has 2 N–H and O–H groups in total. The van der Waals surface area contributed by atoms with Crippen molar-refractivity contribution in [3.05, 3.63) is 0 Å². The van der Waals surface area contributed by atoms with Crippen LogP contribution in [0, 0.1) is 11.3 Å². The van der Waals surface area contributed by atoms with E-state index in [1.54, 1.807) is 0 Å². The first-order valence-electron chi connectivity index (χ1n) is 5.52.